The summed E-state index contributed by atoms with van der Waals surface area (Å²) in [5.41, 5.74) is 0. The number of methoxy groups -OCH3 is 1. The second-order valence-corrected chi connectivity index (χ2v) is 8.79. The van der Waals surface area contributed by atoms with E-state index in [-0.39, 0.29) is 23.7 Å². The molecule has 0 bridgehead atoms. The summed E-state index contributed by atoms with van der Waals surface area (Å²) in [5, 5.41) is 5.94. The predicted molar refractivity (Wildman–Crippen MR) is 115 cm³/mol. The van der Waals surface area contributed by atoms with Gasteiger partial charge in [0.2, 0.25) is 11.8 Å². The maximum absolute atomic E-state index is 12.7. The van der Waals surface area contributed by atoms with Crippen LogP contribution in [0.15, 0.2) is 0 Å². The zero-order chi connectivity index (χ0) is 20.8. The van der Waals surface area contributed by atoms with E-state index >= 15 is 0 Å². The maximum Gasteiger partial charge on any atom is 0.242 e. The first-order valence-electron chi connectivity index (χ1n) is 11.6. The molecule has 0 aromatic heterocycles. The van der Waals surface area contributed by atoms with Crippen LogP contribution in [-0.4, -0.2) is 38.1 Å². The van der Waals surface area contributed by atoms with Crippen LogP contribution in [0.1, 0.15) is 91.4 Å². The molecule has 0 aliphatic heterocycles. The van der Waals surface area contributed by atoms with Crippen LogP contribution in [0.2, 0.25) is 0 Å². The van der Waals surface area contributed by atoms with Crippen molar-refractivity contribution in [3.8, 4) is 0 Å². The molecular formula is C23H44N2O3. The number of unbranched alkanes of at least 4 members (excludes halogenated alkanes) is 4. The van der Waals surface area contributed by atoms with Gasteiger partial charge in [-0.25, -0.2) is 0 Å². The molecule has 1 aliphatic rings. The van der Waals surface area contributed by atoms with Crippen LogP contribution in [0, 0.1) is 17.8 Å². The molecule has 5 heteroatoms. The third-order valence-electron chi connectivity index (χ3n) is 6.00. The summed E-state index contributed by atoms with van der Waals surface area (Å²) < 4.78 is 5.00. The Balaban J connectivity index is 2.33. The fourth-order valence-electron chi connectivity index (χ4n) is 4.09. The number of nitrogens with one attached hydrogen (secondary N) is 2. The van der Waals surface area contributed by atoms with E-state index in [1.54, 1.807) is 7.11 Å². The van der Waals surface area contributed by atoms with Crippen molar-refractivity contribution in [3.63, 3.8) is 0 Å². The number of hydrogen-bond donors (Lipinski definition) is 2. The Labute approximate surface area is 172 Å². The Kier molecular flexibility index (Phi) is 13.2. The van der Waals surface area contributed by atoms with Crippen molar-refractivity contribution in [1.82, 2.24) is 10.6 Å². The summed E-state index contributed by atoms with van der Waals surface area (Å²) >= 11 is 0. The van der Waals surface area contributed by atoms with Gasteiger partial charge in [0.25, 0.3) is 0 Å². The molecule has 1 rings (SSSR count). The van der Waals surface area contributed by atoms with Crippen LogP contribution in [0.25, 0.3) is 0 Å². The lowest BCUT2D eigenvalue weighted by Gasteiger charge is -2.30. The molecule has 1 aliphatic carbocycles. The molecule has 2 N–H and O–H groups in total. The third-order valence-corrected chi connectivity index (χ3v) is 6.00. The predicted octanol–water partition coefficient (Wildman–Crippen LogP) is 4.45. The maximum atomic E-state index is 12.7. The summed E-state index contributed by atoms with van der Waals surface area (Å²) in [7, 11) is 1.65. The van der Waals surface area contributed by atoms with Crippen LogP contribution in [0.3, 0.4) is 0 Å². The number of carbonyl (C=O) groups excluding carboxylic acids is 2. The summed E-state index contributed by atoms with van der Waals surface area (Å²) in [6.45, 7) is 7.42. The third kappa shape index (κ3) is 9.90. The van der Waals surface area contributed by atoms with Gasteiger partial charge in [-0.2, -0.15) is 0 Å². The lowest BCUT2D eigenvalue weighted by Crippen LogP contribution is -2.51. The summed E-state index contributed by atoms with van der Waals surface area (Å²) in [6, 6.07) is -0.452. The minimum Gasteiger partial charge on any atom is -0.385 e. The zero-order valence-electron chi connectivity index (χ0n) is 18.7. The molecule has 0 radical (unpaired) electrons. The van der Waals surface area contributed by atoms with Crippen molar-refractivity contribution in [1.29, 1.82) is 0 Å². The molecule has 0 saturated heterocycles. The highest BCUT2D eigenvalue weighted by molar-refractivity contribution is 5.88. The largest absolute Gasteiger partial charge is 0.385 e. The summed E-state index contributed by atoms with van der Waals surface area (Å²) in [4.78, 5) is 25.2. The molecule has 2 amide bonds. The van der Waals surface area contributed by atoms with Crippen molar-refractivity contribution in [2.24, 2.45) is 17.8 Å². The quantitative estimate of drug-likeness (QED) is 0.426. The van der Waals surface area contributed by atoms with Crippen molar-refractivity contribution < 1.29 is 14.3 Å². The molecule has 0 spiro atoms. The first kappa shape index (κ1) is 24.9. The van der Waals surface area contributed by atoms with Crippen LogP contribution < -0.4 is 10.6 Å². The molecule has 5 nitrogen and oxygen atoms in total. The average Bonchev–Trinajstić information content (AvgIpc) is 2.69. The second kappa shape index (κ2) is 14.8. The summed E-state index contributed by atoms with van der Waals surface area (Å²) in [5.74, 6) is 0.910. The first-order valence-corrected chi connectivity index (χ1v) is 11.6. The van der Waals surface area contributed by atoms with E-state index in [1.165, 1.54) is 38.5 Å². The van der Waals surface area contributed by atoms with Crippen molar-refractivity contribution >= 4 is 11.8 Å². The number of ether oxygens (including phenoxy) is 1. The highest BCUT2D eigenvalue weighted by Gasteiger charge is 2.30. The van der Waals surface area contributed by atoms with Gasteiger partial charge in [0, 0.05) is 26.2 Å². The van der Waals surface area contributed by atoms with E-state index in [0.29, 0.717) is 13.2 Å². The topological polar surface area (TPSA) is 67.4 Å². The molecule has 1 saturated carbocycles. The van der Waals surface area contributed by atoms with Crippen molar-refractivity contribution in [2.45, 2.75) is 97.4 Å². The van der Waals surface area contributed by atoms with E-state index in [9.17, 15) is 9.59 Å². The molecule has 28 heavy (non-hydrogen) atoms. The van der Waals surface area contributed by atoms with Gasteiger partial charge in [-0.15, -0.1) is 0 Å². The monoisotopic (exact) mass is 396 g/mol. The molecular weight excluding hydrogens is 352 g/mol. The molecule has 1 unspecified atom stereocenters. The van der Waals surface area contributed by atoms with Gasteiger partial charge >= 0.3 is 0 Å². The molecule has 0 aromatic rings. The Morgan fingerprint density at radius 1 is 1.00 bits per heavy atom. The summed E-state index contributed by atoms with van der Waals surface area (Å²) in [6.07, 6.45) is 13.0. The van der Waals surface area contributed by atoms with Gasteiger partial charge in [0.15, 0.2) is 0 Å². The van der Waals surface area contributed by atoms with Crippen molar-refractivity contribution in [2.75, 3.05) is 20.3 Å². The minimum atomic E-state index is -0.452. The van der Waals surface area contributed by atoms with Gasteiger partial charge in [0.05, 0.1) is 0 Å². The molecule has 0 heterocycles. The SMILES string of the molecule is CCCCCCCC1CCC(C(=O)NC(C(=O)NCCCOC)C(C)C)CC1. The molecule has 1 atom stereocenters. The molecule has 1 fully saturated rings. The minimum absolute atomic E-state index is 0.0622. The Hall–Kier alpha value is -1.10. The van der Waals surface area contributed by atoms with Gasteiger partial charge < -0.3 is 15.4 Å². The van der Waals surface area contributed by atoms with Gasteiger partial charge in [0.1, 0.15) is 6.04 Å². The number of carbonyl (C=O) groups is 2. The number of hydrogen-bond acceptors (Lipinski definition) is 3. The van der Waals surface area contributed by atoms with Gasteiger partial charge in [-0.1, -0.05) is 59.3 Å². The van der Waals surface area contributed by atoms with E-state index in [0.717, 1.165) is 38.0 Å². The fraction of sp³-hybridized carbons (Fsp3) is 0.913. The zero-order valence-corrected chi connectivity index (χ0v) is 18.7. The first-order chi connectivity index (χ1) is 13.5. The van der Waals surface area contributed by atoms with Crippen LogP contribution in [-0.2, 0) is 14.3 Å². The van der Waals surface area contributed by atoms with Crippen LogP contribution in [0.5, 0.6) is 0 Å². The lowest BCUT2D eigenvalue weighted by atomic mass is 9.79. The van der Waals surface area contributed by atoms with Crippen LogP contribution in [0.4, 0.5) is 0 Å². The average molecular weight is 397 g/mol. The highest BCUT2D eigenvalue weighted by atomic mass is 16.5. The molecule has 0 aromatic carbocycles. The second-order valence-electron chi connectivity index (χ2n) is 8.79. The van der Waals surface area contributed by atoms with Crippen LogP contribution >= 0.6 is 0 Å². The van der Waals surface area contributed by atoms with Gasteiger partial charge in [-0.3, -0.25) is 9.59 Å². The highest BCUT2D eigenvalue weighted by Crippen LogP contribution is 2.32. The van der Waals surface area contributed by atoms with Crippen molar-refractivity contribution in [3.05, 3.63) is 0 Å². The number of amides is 2. The van der Waals surface area contributed by atoms with E-state index in [1.807, 2.05) is 13.8 Å². The lowest BCUT2D eigenvalue weighted by molar-refractivity contribution is -0.132. The Morgan fingerprint density at radius 2 is 1.68 bits per heavy atom. The number of rotatable bonds is 14. The van der Waals surface area contributed by atoms with Gasteiger partial charge in [-0.05, 0) is 43.9 Å². The molecule has 164 valence electrons. The van der Waals surface area contributed by atoms with E-state index < -0.39 is 6.04 Å². The Bertz CT molecular complexity index is 432. The standard InChI is InChI=1S/C23H44N2O3/c1-5-6-7-8-9-11-19-12-14-20(15-13-19)22(26)25-21(18(2)3)23(27)24-16-10-17-28-4/h18-21H,5-17H2,1-4H3,(H,24,27)(H,25,26). The smallest absolute Gasteiger partial charge is 0.242 e. The Morgan fingerprint density at radius 3 is 2.29 bits per heavy atom. The fourth-order valence-corrected chi connectivity index (χ4v) is 4.09. The normalized spacial score (nSPS) is 20.8. The van der Waals surface area contributed by atoms with E-state index in [4.69, 9.17) is 4.74 Å². The van der Waals surface area contributed by atoms with E-state index in [2.05, 4.69) is 17.6 Å².